The average molecular weight is 433 g/mol. The minimum absolute atomic E-state index is 0.224. The molecule has 0 spiro atoms. The third-order valence-corrected chi connectivity index (χ3v) is 5.84. The zero-order valence-electron chi connectivity index (χ0n) is 15.2. The van der Waals surface area contributed by atoms with Crippen LogP contribution < -0.4 is 0 Å². The molecule has 0 atom stereocenters. The van der Waals surface area contributed by atoms with Crippen molar-refractivity contribution < 1.29 is 14.3 Å². The van der Waals surface area contributed by atoms with Gasteiger partial charge in [0.25, 0.3) is 0 Å². The van der Waals surface area contributed by atoms with Crippen LogP contribution in [0, 0.1) is 0 Å². The fourth-order valence-electron chi connectivity index (χ4n) is 3.80. The normalized spacial score (nSPS) is 14.2. The van der Waals surface area contributed by atoms with Crippen LogP contribution >= 0.6 is 15.9 Å². The van der Waals surface area contributed by atoms with Gasteiger partial charge in [0.15, 0.2) is 5.78 Å². The standard InChI is InChI=1S/C24H17BrO3/c1-28-24(16-10-4-2-5-11-16,17-12-6-3-7-13-17)20-21(25)23(27)19-15-9-8-14-18(19)22(20)26/h2-15H,1H3. The molecule has 3 aromatic rings. The molecule has 0 bridgehead atoms. The van der Waals surface area contributed by atoms with Crippen molar-refractivity contribution in [2.24, 2.45) is 0 Å². The van der Waals surface area contributed by atoms with E-state index in [2.05, 4.69) is 15.9 Å². The van der Waals surface area contributed by atoms with Crippen LogP contribution in [0.15, 0.2) is 95.0 Å². The summed E-state index contributed by atoms with van der Waals surface area (Å²) in [5.41, 5.74) is 1.40. The van der Waals surface area contributed by atoms with Crippen LogP contribution in [0.25, 0.3) is 0 Å². The molecule has 1 aliphatic rings. The SMILES string of the molecule is COC(C1=C(Br)C(=O)c2ccccc2C1=O)(c1ccccc1)c1ccccc1. The second-order valence-electron chi connectivity index (χ2n) is 6.51. The van der Waals surface area contributed by atoms with Crippen LogP contribution in [0.5, 0.6) is 0 Å². The molecule has 0 N–H and O–H groups in total. The summed E-state index contributed by atoms with van der Waals surface area (Å²) in [5, 5.41) is 0. The Kier molecular flexibility index (Phi) is 4.84. The van der Waals surface area contributed by atoms with Crippen LogP contribution in [-0.4, -0.2) is 18.7 Å². The number of ketones is 2. The molecule has 0 heterocycles. The molecule has 0 aliphatic heterocycles. The molecular formula is C24H17BrO3. The molecule has 3 nitrogen and oxygen atoms in total. The number of allylic oxidation sites excluding steroid dienone is 1. The van der Waals surface area contributed by atoms with Crippen LogP contribution in [0.1, 0.15) is 31.8 Å². The largest absolute Gasteiger partial charge is 0.364 e. The molecule has 3 aromatic carbocycles. The van der Waals surface area contributed by atoms with Crippen LogP contribution in [0.4, 0.5) is 0 Å². The first-order chi connectivity index (χ1) is 13.6. The number of carbonyl (C=O) groups excluding carboxylic acids is 2. The Morgan fingerprint density at radius 3 is 1.57 bits per heavy atom. The van der Waals surface area contributed by atoms with Gasteiger partial charge in [-0.05, 0) is 27.1 Å². The Labute approximate surface area is 171 Å². The maximum atomic E-state index is 13.6. The molecule has 4 heteroatoms. The minimum atomic E-state index is -1.22. The van der Waals surface area contributed by atoms with Crippen LogP contribution in [0.2, 0.25) is 0 Å². The van der Waals surface area contributed by atoms with E-state index >= 15 is 0 Å². The quantitative estimate of drug-likeness (QED) is 0.561. The smallest absolute Gasteiger partial charge is 0.201 e. The number of fused-ring (bicyclic) bond motifs is 1. The second-order valence-corrected chi connectivity index (χ2v) is 7.30. The molecule has 0 saturated heterocycles. The fraction of sp³-hybridized carbons (Fsp3) is 0.0833. The molecule has 28 heavy (non-hydrogen) atoms. The molecule has 0 radical (unpaired) electrons. The van der Waals surface area contributed by atoms with E-state index in [1.165, 1.54) is 0 Å². The zero-order chi connectivity index (χ0) is 19.7. The fourth-order valence-corrected chi connectivity index (χ4v) is 4.47. The van der Waals surface area contributed by atoms with E-state index in [1.807, 2.05) is 60.7 Å². The number of ether oxygens (including phenoxy) is 1. The van der Waals surface area contributed by atoms with E-state index in [0.29, 0.717) is 11.1 Å². The van der Waals surface area contributed by atoms with E-state index in [4.69, 9.17) is 4.74 Å². The molecule has 0 fully saturated rings. The van der Waals surface area contributed by atoms with E-state index in [1.54, 1.807) is 31.4 Å². The number of Topliss-reactive ketones (excluding diaryl/α,β-unsaturated/α-hetero) is 2. The van der Waals surface area contributed by atoms with Crippen molar-refractivity contribution in [1.82, 2.24) is 0 Å². The number of rotatable bonds is 4. The molecule has 0 amide bonds. The maximum absolute atomic E-state index is 13.6. The van der Waals surface area contributed by atoms with Crippen molar-refractivity contribution in [3.8, 4) is 0 Å². The lowest BCUT2D eigenvalue weighted by Gasteiger charge is -2.37. The third kappa shape index (κ3) is 2.68. The lowest BCUT2D eigenvalue weighted by atomic mass is 9.73. The molecule has 0 unspecified atom stereocenters. The molecule has 0 aromatic heterocycles. The van der Waals surface area contributed by atoms with E-state index in [9.17, 15) is 9.59 Å². The molecular weight excluding hydrogens is 416 g/mol. The highest BCUT2D eigenvalue weighted by Gasteiger charge is 2.47. The van der Waals surface area contributed by atoms with Crippen LogP contribution in [-0.2, 0) is 10.3 Å². The van der Waals surface area contributed by atoms with Gasteiger partial charge in [-0.3, -0.25) is 9.59 Å². The van der Waals surface area contributed by atoms with Gasteiger partial charge in [-0.15, -0.1) is 0 Å². The lowest BCUT2D eigenvalue weighted by Crippen LogP contribution is -2.39. The van der Waals surface area contributed by atoms with Crippen LogP contribution in [0.3, 0.4) is 0 Å². The Hall–Kier alpha value is -2.82. The average Bonchev–Trinajstić information content (AvgIpc) is 2.76. The third-order valence-electron chi connectivity index (χ3n) is 5.08. The predicted octanol–water partition coefficient (Wildman–Crippen LogP) is 5.30. The molecule has 1 aliphatic carbocycles. The summed E-state index contributed by atoms with van der Waals surface area (Å²) >= 11 is 3.43. The van der Waals surface area contributed by atoms with Gasteiger partial charge in [0.05, 0.1) is 10.1 Å². The highest BCUT2D eigenvalue weighted by Crippen LogP contribution is 2.46. The summed E-state index contributed by atoms with van der Waals surface area (Å²) in [7, 11) is 1.56. The number of hydrogen-bond donors (Lipinski definition) is 0. The Balaban J connectivity index is 2.07. The molecule has 0 saturated carbocycles. The lowest BCUT2D eigenvalue weighted by molar-refractivity contribution is 0.0484. The number of carbonyl (C=O) groups is 2. The summed E-state index contributed by atoms with van der Waals surface area (Å²) in [6.45, 7) is 0. The van der Waals surface area contributed by atoms with Gasteiger partial charge >= 0.3 is 0 Å². The summed E-state index contributed by atoms with van der Waals surface area (Å²) in [4.78, 5) is 26.7. The van der Waals surface area contributed by atoms with E-state index in [-0.39, 0.29) is 21.6 Å². The minimum Gasteiger partial charge on any atom is -0.364 e. The van der Waals surface area contributed by atoms with Crippen molar-refractivity contribution in [3.63, 3.8) is 0 Å². The molecule has 138 valence electrons. The number of benzene rings is 3. The van der Waals surface area contributed by atoms with Gasteiger partial charge in [0, 0.05) is 18.2 Å². The van der Waals surface area contributed by atoms with Gasteiger partial charge in [0.2, 0.25) is 5.78 Å². The highest BCUT2D eigenvalue weighted by molar-refractivity contribution is 9.12. The van der Waals surface area contributed by atoms with Crippen molar-refractivity contribution in [2.75, 3.05) is 7.11 Å². The number of methoxy groups -OCH3 is 1. The monoisotopic (exact) mass is 432 g/mol. The van der Waals surface area contributed by atoms with E-state index in [0.717, 1.165) is 11.1 Å². The van der Waals surface area contributed by atoms with E-state index < -0.39 is 5.60 Å². The molecule has 4 rings (SSSR count). The first-order valence-corrected chi connectivity index (χ1v) is 9.65. The first-order valence-electron chi connectivity index (χ1n) is 8.86. The number of halogens is 1. The Bertz CT molecular complexity index is 1050. The predicted molar refractivity (Wildman–Crippen MR) is 112 cm³/mol. The second kappa shape index (κ2) is 7.30. The van der Waals surface area contributed by atoms with Crippen molar-refractivity contribution in [3.05, 3.63) is 117 Å². The number of hydrogen-bond acceptors (Lipinski definition) is 3. The van der Waals surface area contributed by atoms with Gasteiger partial charge in [-0.25, -0.2) is 0 Å². The summed E-state index contributed by atoms with van der Waals surface area (Å²) in [5.74, 6) is -0.449. The maximum Gasteiger partial charge on any atom is 0.201 e. The van der Waals surface area contributed by atoms with Gasteiger partial charge in [-0.1, -0.05) is 84.9 Å². The summed E-state index contributed by atoms with van der Waals surface area (Å²) in [6.07, 6.45) is 0. The first kappa shape index (κ1) is 18.5. The van der Waals surface area contributed by atoms with Gasteiger partial charge in [-0.2, -0.15) is 0 Å². The van der Waals surface area contributed by atoms with Crippen molar-refractivity contribution >= 4 is 27.5 Å². The zero-order valence-corrected chi connectivity index (χ0v) is 16.8. The highest BCUT2D eigenvalue weighted by atomic mass is 79.9. The Morgan fingerprint density at radius 2 is 1.11 bits per heavy atom. The van der Waals surface area contributed by atoms with Gasteiger partial charge in [0.1, 0.15) is 5.60 Å². The Morgan fingerprint density at radius 1 is 0.679 bits per heavy atom. The van der Waals surface area contributed by atoms with Crippen molar-refractivity contribution in [2.45, 2.75) is 5.60 Å². The topological polar surface area (TPSA) is 43.4 Å². The summed E-state index contributed by atoms with van der Waals surface area (Å²) < 4.78 is 6.32. The summed E-state index contributed by atoms with van der Waals surface area (Å²) in [6, 6.07) is 25.9. The van der Waals surface area contributed by atoms with Crippen molar-refractivity contribution in [1.29, 1.82) is 0 Å². The van der Waals surface area contributed by atoms with Gasteiger partial charge < -0.3 is 4.74 Å².